The first kappa shape index (κ1) is 17.6. The summed E-state index contributed by atoms with van der Waals surface area (Å²) in [6.45, 7) is 0. The first-order valence-corrected chi connectivity index (χ1v) is 8.52. The molecule has 0 radical (unpaired) electrons. The van der Waals surface area contributed by atoms with Gasteiger partial charge >= 0.3 is 0 Å². The number of anilines is 1. The molecule has 0 spiro atoms. The molecule has 0 saturated carbocycles. The first-order valence-electron chi connectivity index (χ1n) is 7.35. The molecule has 25 heavy (non-hydrogen) atoms. The molecular weight excluding hydrogens is 413 g/mol. The van der Waals surface area contributed by atoms with Gasteiger partial charge in [0, 0.05) is 22.9 Å². The maximum atomic E-state index is 12.9. The lowest BCUT2D eigenvalue weighted by molar-refractivity contribution is -0.116. The molecule has 0 aliphatic carbocycles. The van der Waals surface area contributed by atoms with Gasteiger partial charge < -0.3 is 9.84 Å². The zero-order valence-electron chi connectivity index (χ0n) is 12.8. The molecule has 2 aromatic carbocycles. The van der Waals surface area contributed by atoms with Crippen molar-refractivity contribution in [3.63, 3.8) is 0 Å². The van der Waals surface area contributed by atoms with Crippen LogP contribution < -0.4 is 5.32 Å². The van der Waals surface area contributed by atoms with Crippen LogP contribution in [0.25, 0.3) is 11.4 Å². The van der Waals surface area contributed by atoms with Gasteiger partial charge in [0.1, 0.15) is 5.82 Å². The zero-order chi connectivity index (χ0) is 17.8. The Labute approximate surface area is 156 Å². The third kappa shape index (κ3) is 4.64. The van der Waals surface area contributed by atoms with Gasteiger partial charge in [0.15, 0.2) is 0 Å². The number of aromatic nitrogens is 2. The van der Waals surface area contributed by atoms with Crippen molar-refractivity contribution in [2.24, 2.45) is 0 Å². The molecule has 1 aromatic heterocycles. The normalized spacial score (nSPS) is 10.7. The van der Waals surface area contributed by atoms with E-state index in [9.17, 15) is 9.18 Å². The fourth-order valence-electron chi connectivity index (χ4n) is 2.10. The second-order valence-electron chi connectivity index (χ2n) is 5.19. The van der Waals surface area contributed by atoms with Crippen LogP contribution in [0.5, 0.6) is 0 Å². The number of carbonyl (C=O) groups excluding carboxylic acids is 1. The van der Waals surface area contributed by atoms with Gasteiger partial charge in [0.05, 0.1) is 10.7 Å². The minimum atomic E-state index is -0.337. The Morgan fingerprint density at radius 3 is 2.72 bits per heavy atom. The molecular formula is C17H12BrClFN3O2. The van der Waals surface area contributed by atoms with Gasteiger partial charge in [-0.2, -0.15) is 4.98 Å². The first-order chi connectivity index (χ1) is 12.0. The predicted octanol–water partition coefficient (Wildman–Crippen LogP) is 4.86. The van der Waals surface area contributed by atoms with E-state index >= 15 is 0 Å². The molecule has 5 nitrogen and oxygen atoms in total. The van der Waals surface area contributed by atoms with Crippen LogP contribution in [0.15, 0.2) is 51.5 Å². The monoisotopic (exact) mass is 423 g/mol. The van der Waals surface area contributed by atoms with Crippen molar-refractivity contribution in [2.75, 3.05) is 5.32 Å². The summed E-state index contributed by atoms with van der Waals surface area (Å²) >= 11 is 9.36. The third-order valence-electron chi connectivity index (χ3n) is 3.34. The van der Waals surface area contributed by atoms with Crippen molar-refractivity contribution in [1.82, 2.24) is 10.1 Å². The number of carbonyl (C=O) groups is 1. The van der Waals surface area contributed by atoms with E-state index in [2.05, 4.69) is 31.4 Å². The third-order valence-corrected chi connectivity index (χ3v) is 4.15. The molecule has 128 valence electrons. The minimum Gasteiger partial charge on any atom is -0.339 e. The average molecular weight is 425 g/mol. The molecule has 0 bridgehead atoms. The molecule has 8 heteroatoms. The Balaban J connectivity index is 1.58. The van der Waals surface area contributed by atoms with E-state index in [1.54, 1.807) is 30.3 Å². The molecule has 3 aromatic rings. The van der Waals surface area contributed by atoms with Crippen LogP contribution in [-0.2, 0) is 11.2 Å². The summed E-state index contributed by atoms with van der Waals surface area (Å²) < 4.78 is 18.9. The van der Waals surface area contributed by atoms with E-state index in [4.69, 9.17) is 16.1 Å². The predicted molar refractivity (Wildman–Crippen MR) is 95.8 cm³/mol. The smallest absolute Gasteiger partial charge is 0.227 e. The number of amides is 1. The second-order valence-corrected chi connectivity index (χ2v) is 6.51. The van der Waals surface area contributed by atoms with E-state index in [1.165, 1.54) is 12.1 Å². The van der Waals surface area contributed by atoms with Crippen molar-refractivity contribution in [1.29, 1.82) is 0 Å². The Hall–Kier alpha value is -2.25. The lowest BCUT2D eigenvalue weighted by Crippen LogP contribution is -2.12. The van der Waals surface area contributed by atoms with Gasteiger partial charge in [-0.1, -0.05) is 32.7 Å². The molecule has 0 saturated heterocycles. The van der Waals surface area contributed by atoms with Crippen LogP contribution in [0.3, 0.4) is 0 Å². The molecule has 0 aliphatic rings. The van der Waals surface area contributed by atoms with E-state index in [0.717, 1.165) is 4.47 Å². The average Bonchev–Trinajstić information content (AvgIpc) is 3.05. The van der Waals surface area contributed by atoms with Crippen molar-refractivity contribution in [2.45, 2.75) is 12.8 Å². The Bertz CT molecular complexity index is 899. The lowest BCUT2D eigenvalue weighted by Gasteiger charge is -2.06. The molecule has 3 rings (SSSR count). The van der Waals surface area contributed by atoms with Crippen LogP contribution in [0.1, 0.15) is 12.3 Å². The minimum absolute atomic E-state index is 0.164. The van der Waals surface area contributed by atoms with Gasteiger partial charge in [-0.3, -0.25) is 4.79 Å². The number of benzene rings is 2. The van der Waals surface area contributed by atoms with Crippen molar-refractivity contribution < 1.29 is 13.7 Å². The highest BCUT2D eigenvalue weighted by Gasteiger charge is 2.12. The molecule has 0 atom stereocenters. The molecule has 0 unspecified atom stereocenters. The Morgan fingerprint density at radius 2 is 2.00 bits per heavy atom. The molecule has 0 aliphatic heterocycles. The fraction of sp³-hybridized carbons (Fsp3) is 0.118. The van der Waals surface area contributed by atoms with E-state index in [-0.39, 0.29) is 24.6 Å². The summed E-state index contributed by atoms with van der Waals surface area (Å²) in [7, 11) is 0. The number of nitrogens with one attached hydrogen (secondary N) is 1. The van der Waals surface area contributed by atoms with Crippen LogP contribution in [0.2, 0.25) is 5.02 Å². The number of halogens is 3. The van der Waals surface area contributed by atoms with Gasteiger partial charge in [-0.25, -0.2) is 4.39 Å². The van der Waals surface area contributed by atoms with Gasteiger partial charge in [0.25, 0.3) is 0 Å². The highest BCUT2D eigenvalue weighted by molar-refractivity contribution is 9.10. The Morgan fingerprint density at radius 1 is 1.24 bits per heavy atom. The SMILES string of the molecule is O=C(CCc1nc(-c2ccc(F)cc2)no1)Nc1ccc(Br)cc1Cl. The number of hydrogen-bond donors (Lipinski definition) is 1. The maximum absolute atomic E-state index is 12.9. The van der Waals surface area contributed by atoms with E-state index in [1.807, 2.05) is 0 Å². The highest BCUT2D eigenvalue weighted by Crippen LogP contribution is 2.25. The van der Waals surface area contributed by atoms with Crippen LogP contribution >= 0.6 is 27.5 Å². The summed E-state index contributed by atoms with van der Waals surface area (Å²) in [6.07, 6.45) is 0.450. The summed E-state index contributed by atoms with van der Waals surface area (Å²) in [5.74, 6) is 0.129. The molecule has 1 amide bonds. The molecule has 1 heterocycles. The topological polar surface area (TPSA) is 68.0 Å². The van der Waals surface area contributed by atoms with Crippen molar-refractivity contribution in [3.05, 3.63) is 63.7 Å². The summed E-state index contributed by atoms with van der Waals surface area (Å²) in [5.41, 5.74) is 1.18. The van der Waals surface area contributed by atoms with Crippen LogP contribution in [0.4, 0.5) is 10.1 Å². The fourth-order valence-corrected chi connectivity index (χ4v) is 2.82. The van der Waals surface area contributed by atoms with Gasteiger partial charge in [0.2, 0.25) is 17.6 Å². The Kier molecular flexibility index (Phi) is 5.45. The maximum Gasteiger partial charge on any atom is 0.227 e. The van der Waals surface area contributed by atoms with Crippen LogP contribution in [0, 0.1) is 5.82 Å². The van der Waals surface area contributed by atoms with Gasteiger partial charge in [-0.05, 0) is 42.5 Å². The highest BCUT2D eigenvalue weighted by atomic mass is 79.9. The largest absolute Gasteiger partial charge is 0.339 e. The van der Waals surface area contributed by atoms with Crippen LogP contribution in [-0.4, -0.2) is 16.0 Å². The number of aryl methyl sites for hydroxylation is 1. The zero-order valence-corrected chi connectivity index (χ0v) is 15.1. The van der Waals surface area contributed by atoms with Crippen molar-refractivity contribution in [3.8, 4) is 11.4 Å². The second kappa shape index (κ2) is 7.76. The summed E-state index contributed by atoms with van der Waals surface area (Å²) in [4.78, 5) is 16.2. The molecule has 0 fully saturated rings. The van der Waals surface area contributed by atoms with E-state index in [0.29, 0.717) is 28.0 Å². The number of rotatable bonds is 5. The van der Waals surface area contributed by atoms with E-state index < -0.39 is 0 Å². The lowest BCUT2D eigenvalue weighted by atomic mass is 10.2. The molecule has 1 N–H and O–H groups in total. The standard InChI is InChI=1S/C17H12BrClFN3O2/c18-11-3-6-14(13(19)9-11)21-15(24)7-8-16-22-17(23-25-16)10-1-4-12(20)5-2-10/h1-6,9H,7-8H2,(H,21,24). The summed E-state index contributed by atoms with van der Waals surface area (Å²) in [5, 5.41) is 7.01. The number of hydrogen-bond acceptors (Lipinski definition) is 4. The quantitative estimate of drug-likeness (QED) is 0.635. The summed E-state index contributed by atoms with van der Waals surface area (Å²) in [6, 6.07) is 11.0. The van der Waals surface area contributed by atoms with Gasteiger partial charge in [-0.15, -0.1) is 0 Å². The van der Waals surface area contributed by atoms with Crippen molar-refractivity contribution >= 4 is 39.1 Å². The number of nitrogens with zero attached hydrogens (tertiary/aromatic N) is 2.